The molecule has 0 fully saturated rings. The lowest BCUT2D eigenvalue weighted by Gasteiger charge is -1.97. The third-order valence-electron chi connectivity index (χ3n) is 1.24. The van der Waals surface area contributed by atoms with Gasteiger partial charge in [0.2, 0.25) is 0 Å². The molecule has 0 saturated carbocycles. The molecule has 3 nitrogen and oxygen atoms in total. The number of carboxylic acids is 1. The number of aromatic nitrogens is 1. The van der Waals surface area contributed by atoms with Crippen LogP contribution in [0.1, 0.15) is 5.56 Å². The van der Waals surface area contributed by atoms with Crippen LogP contribution in [0.2, 0.25) is 0 Å². The molecular formula is C8H9NO2S. The van der Waals surface area contributed by atoms with E-state index in [0.717, 1.165) is 11.3 Å². The van der Waals surface area contributed by atoms with E-state index in [9.17, 15) is 4.79 Å². The van der Waals surface area contributed by atoms with E-state index in [1.165, 1.54) is 11.8 Å². The van der Waals surface area contributed by atoms with Gasteiger partial charge in [0.05, 0.1) is 5.75 Å². The van der Waals surface area contributed by atoms with E-state index in [4.69, 9.17) is 5.11 Å². The van der Waals surface area contributed by atoms with Gasteiger partial charge in [0.1, 0.15) is 0 Å². The minimum absolute atomic E-state index is 0.155. The van der Waals surface area contributed by atoms with Crippen LogP contribution in [0.25, 0.3) is 0 Å². The minimum Gasteiger partial charge on any atom is -0.481 e. The molecule has 0 aliphatic carbocycles. The van der Waals surface area contributed by atoms with Gasteiger partial charge in [-0.2, -0.15) is 0 Å². The molecule has 0 aliphatic heterocycles. The van der Waals surface area contributed by atoms with Crippen molar-refractivity contribution < 1.29 is 9.90 Å². The average Bonchev–Trinajstić information content (AvgIpc) is 2.05. The first-order chi connectivity index (χ1) is 5.79. The highest BCUT2D eigenvalue weighted by Crippen LogP contribution is 2.09. The first-order valence-corrected chi connectivity index (χ1v) is 4.63. The standard InChI is InChI=1S/C8H9NO2S/c10-8(11)6-12-5-7-1-3-9-4-2-7/h1-4H,5-6H2,(H,10,11). The molecule has 0 aliphatic rings. The minimum atomic E-state index is -0.769. The number of carboxylic acid groups (broad SMARTS) is 1. The molecule has 1 aromatic heterocycles. The molecule has 0 bridgehead atoms. The summed E-state index contributed by atoms with van der Waals surface area (Å²) in [5.41, 5.74) is 1.11. The number of rotatable bonds is 4. The normalized spacial score (nSPS) is 9.67. The van der Waals surface area contributed by atoms with E-state index >= 15 is 0 Å². The Morgan fingerprint density at radius 1 is 1.50 bits per heavy atom. The van der Waals surface area contributed by atoms with Crippen molar-refractivity contribution in [3.63, 3.8) is 0 Å². The summed E-state index contributed by atoms with van der Waals surface area (Å²) in [6.45, 7) is 0. The van der Waals surface area contributed by atoms with Crippen LogP contribution in [0, 0.1) is 0 Å². The Balaban J connectivity index is 2.29. The fraction of sp³-hybridized carbons (Fsp3) is 0.250. The van der Waals surface area contributed by atoms with Gasteiger partial charge in [-0.3, -0.25) is 9.78 Å². The third-order valence-corrected chi connectivity index (χ3v) is 2.23. The number of aliphatic carboxylic acids is 1. The van der Waals surface area contributed by atoms with Crippen LogP contribution in [0.3, 0.4) is 0 Å². The zero-order valence-electron chi connectivity index (χ0n) is 6.43. The number of hydrogen-bond donors (Lipinski definition) is 1. The lowest BCUT2D eigenvalue weighted by atomic mass is 10.3. The second-order valence-electron chi connectivity index (χ2n) is 2.24. The molecule has 0 atom stereocenters. The monoisotopic (exact) mass is 183 g/mol. The maximum Gasteiger partial charge on any atom is 0.313 e. The van der Waals surface area contributed by atoms with Crippen molar-refractivity contribution in [3.8, 4) is 0 Å². The summed E-state index contributed by atoms with van der Waals surface area (Å²) in [4.78, 5) is 14.0. The Morgan fingerprint density at radius 3 is 2.75 bits per heavy atom. The molecule has 1 N–H and O–H groups in total. The molecule has 64 valence electrons. The lowest BCUT2D eigenvalue weighted by molar-refractivity contribution is -0.133. The average molecular weight is 183 g/mol. The Morgan fingerprint density at radius 2 is 2.17 bits per heavy atom. The van der Waals surface area contributed by atoms with Gasteiger partial charge in [-0.05, 0) is 17.7 Å². The van der Waals surface area contributed by atoms with E-state index < -0.39 is 5.97 Å². The Bertz CT molecular complexity index is 250. The molecule has 0 spiro atoms. The maximum atomic E-state index is 10.2. The van der Waals surface area contributed by atoms with E-state index in [0.29, 0.717) is 0 Å². The summed E-state index contributed by atoms with van der Waals surface area (Å²) < 4.78 is 0. The van der Waals surface area contributed by atoms with Gasteiger partial charge in [0.25, 0.3) is 0 Å². The second kappa shape index (κ2) is 4.77. The number of hydrogen-bond acceptors (Lipinski definition) is 3. The number of thioether (sulfide) groups is 1. The fourth-order valence-electron chi connectivity index (χ4n) is 0.735. The van der Waals surface area contributed by atoms with E-state index in [1.54, 1.807) is 12.4 Å². The number of pyridine rings is 1. The summed E-state index contributed by atoms with van der Waals surface area (Å²) in [7, 11) is 0. The largest absolute Gasteiger partial charge is 0.481 e. The zero-order valence-corrected chi connectivity index (χ0v) is 7.25. The van der Waals surface area contributed by atoms with Crippen LogP contribution >= 0.6 is 11.8 Å². The summed E-state index contributed by atoms with van der Waals surface area (Å²) in [6.07, 6.45) is 3.41. The summed E-state index contributed by atoms with van der Waals surface area (Å²) in [6, 6.07) is 3.77. The van der Waals surface area contributed by atoms with Crippen molar-refractivity contribution in [2.45, 2.75) is 5.75 Å². The van der Waals surface area contributed by atoms with E-state index in [2.05, 4.69) is 4.98 Å². The van der Waals surface area contributed by atoms with E-state index in [-0.39, 0.29) is 5.75 Å². The van der Waals surface area contributed by atoms with Gasteiger partial charge in [0, 0.05) is 18.1 Å². The van der Waals surface area contributed by atoms with Crippen molar-refractivity contribution in [2.75, 3.05) is 5.75 Å². The molecular weight excluding hydrogens is 174 g/mol. The van der Waals surface area contributed by atoms with Crippen LogP contribution in [-0.2, 0) is 10.5 Å². The highest BCUT2D eigenvalue weighted by molar-refractivity contribution is 7.99. The topological polar surface area (TPSA) is 50.2 Å². The van der Waals surface area contributed by atoms with Gasteiger partial charge in [-0.25, -0.2) is 0 Å². The quantitative estimate of drug-likeness (QED) is 0.766. The summed E-state index contributed by atoms with van der Waals surface area (Å²) >= 11 is 1.39. The molecule has 1 aromatic rings. The number of nitrogens with zero attached hydrogens (tertiary/aromatic N) is 1. The maximum absolute atomic E-state index is 10.2. The molecule has 1 rings (SSSR count). The van der Waals surface area contributed by atoms with Crippen molar-refractivity contribution in [1.29, 1.82) is 0 Å². The fourth-order valence-corrected chi connectivity index (χ4v) is 1.44. The predicted molar refractivity (Wildman–Crippen MR) is 48.0 cm³/mol. The molecule has 1 heterocycles. The van der Waals surface area contributed by atoms with Crippen LogP contribution < -0.4 is 0 Å². The summed E-state index contributed by atoms with van der Waals surface area (Å²) in [5.74, 6) is 0.117. The zero-order chi connectivity index (χ0) is 8.81. The first kappa shape index (κ1) is 9.06. The molecule has 0 saturated heterocycles. The van der Waals surface area contributed by atoms with Crippen LogP contribution in [-0.4, -0.2) is 21.8 Å². The Labute approximate surface area is 74.8 Å². The highest BCUT2D eigenvalue weighted by Gasteiger charge is 1.97. The van der Waals surface area contributed by atoms with Crippen LogP contribution in [0.4, 0.5) is 0 Å². The Kier molecular flexibility index (Phi) is 3.60. The van der Waals surface area contributed by atoms with Gasteiger partial charge < -0.3 is 5.11 Å². The SMILES string of the molecule is O=C(O)CSCc1ccncc1. The van der Waals surface area contributed by atoms with Crippen molar-refractivity contribution in [3.05, 3.63) is 30.1 Å². The predicted octanol–water partition coefficient (Wildman–Crippen LogP) is 1.40. The smallest absolute Gasteiger partial charge is 0.313 e. The van der Waals surface area contributed by atoms with E-state index in [1.807, 2.05) is 12.1 Å². The molecule has 0 unspecified atom stereocenters. The van der Waals surface area contributed by atoms with Crippen molar-refractivity contribution in [2.24, 2.45) is 0 Å². The first-order valence-electron chi connectivity index (χ1n) is 3.47. The van der Waals surface area contributed by atoms with Gasteiger partial charge in [0.15, 0.2) is 0 Å². The van der Waals surface area contributed by atoms with Crippen LogP contribution in [0.5, 0.6) is 0 Å². The third kappa shape index (κ3) is 3.39. The van der Waals surface area contributed by atoms with Gasteiger partial charge in [-0.15, -0.1) is 11.8 Å². The lowest BCUT2D eigenvalue weighted by Crippen LogP contribution is -1.98. The molecule has 0 radical (unpaired) electrons. The molecule has 12 heavy (non-hydrogen) atoms. The van der Waals surface area contributed by atoms with Gasteiger partial charge >= 0.3 is 5.97 Å². The highest BCUT2D eigenvalue weighted by atomic mass is 32.2. The van der Waals surface area contributed by atoms with Crippen LogP contribution in [0.15, 0.2) is 24.5 Å². The van der Waals surface area contributed by atoms with Gasteiger partial charge in [-0.1, -0.05) is 0 Å². The molecule has 4 heteroatoms. The number of carbonyl (C=O) groups is 1. The summed E-state index contributed by atoms with van der Waals surface area (Å²) in [5, 5.41) is 8.36. The van der Waals surface area contributed by atoms with Crippen molar-refractivity contribution >= 4 is 17.7 Å². The molecule has 0 aromatic carbocycles. The Hall–Kier alpha value is -1.03. The second-order valence-corrected chi connectivity index (χ2v) is 3.23. The van der Waals surface area contributed by atoms with Crippen molar-refractivity contribution in [1.82, 2.24) is 4.98 Å². The molecule has 0 amide bonds.